The van der Waals surface area contributed by atoms with Gasteiger partial charge in [0.1, 0.15) is 0 Å². The van der Waals surface area contributed by atoms with Gasteiger partial charge in [-0.25, -0.2) is 4.98 Å². The van der Waals surface area contributed by atoms with Gasteiger partial charge < -0.3 is 10.2 Å². The Bertz CT molecular complexity index is 615. The van der Waals surface area contributed by atoms with Crippen molar-refractivity contribution in [3.63, 3.8) is 0 Å². The Morgan fingerprint density at radius 2 is 2.32 bits per heavy atom. The molecule has 2 aromatic heterocycles. The molecule has 0 atom stereocenters. The standard InChI is InChI=1S/C15H24N6S/c1-12-19-14(11-22-12)10-20(3)15(16-2)17-7-5-6-13-8-18-21(4)9-13/h8-9,11H,5-7,10H2,1-4H3,(H,16,17). The number of hydrogen-bond donors (Lipinski definition) is 1. The molecule has 2 heterocycles. The lowest BCUT2D eigenvalue weighted by atomic mass is 10.2. The molecule has 0 saturated heterocycles. The molecule has 22 heavy (non-hydrogen) atoms. The second kappa shape index (κ2) is 7.93. The SMILES string of the molecule is CN=C(NCCCc1cnn(C)c1)N(C)Cc1csc(C)n1. The summed E-state index contributed by atoms with van der Waals surface area (Å²) in [5, 5.41) is 10.8. The van der Waals surface area contributed by atoms with E-state index in [1.54, 1.807) is 11.3 Å². The van der Waals surface area contributed by atoms with Crippen LogP contribution in [0.1, 0.15) is 22.7 Å². The van der Waals surface area contributed by atoms with Crippen LogP contribution in [-0.2, 0) is 20.0 Å². The summed E-state index contributed by atoms with van der Waals surface area (Å²) in [5.41, 5.74) is 2.36. The van der Waals surface area contributed by atoms with Crippen molar-refractivity contribution in [2.24, 2.45) is 12.0 Å². The van der Waals surface area contributed by atoms with Gasteiger partial charge in [-0.2, -0.15) is 5.10 Å². The van der Waals surface area contributed by atoms with Crippen LogP contribution in [0.25, 0.3) is 0 Å². The Balaban J connectivity index is 1.74. The second-order valence-electron chi connectivity index (χ2n) is 5.31. The van der Waals surface area contributed by atoms with Crippen molar-refractivity contribution in [2.75, 3.05) is 20.6 Å². The van der Waals surface area contributed by atoms with E-state index in [-0.39, 0.29) is 0 Å². The molecular weight excluding hydrogens is 296 g/mol. The van der Waals surface area contributed by atoms with Gasteiger partial charge in [-0.3, -0.25) is 9.67 Å². The maximum atomic E-state index is 4.49. The number of aliphatic imine (C=N–C) groups is 1. The average Bonchev–Trinajstić information content (AvgIpc) is 3.07. The highest BCUT2D eigenvalue weighted by Gasteiger charge is 2.08. The summed E-state index contributed by atoms with van der Waals surface area (Å²) in [4.78, 5) is 10.9. The Kier molecular flexibility index (Phi) is 5.94. The Labute approximate surface area is 135 Å². The summed E-state index contributed by atoms with van der Waals surface area (Å²) in [6, 6.07) is 0. The third kappa shape index (κ3) is 4.84. The zero-order valence-corrected chi connectivity index (χ0v) is 14.5. The number of nitrogens with zero attached hydrogens (tertiary/aromatic N) is 5. The van der Waals surface area contributed by atoms with E-state index in [9.17, 15) is 0 Å². The first-order valence-electron chi connectivity index (χ1n) is 7.39. The maximum Gasteiger partial charge on any atom is 0.193 e. The van der Waals surface area contributed by atoms with Crippen molar-refractivity contribution in [3.8, 4) is 0 Å². The molecule has 120 valence electrons. The molecule has 1 N–H and O–H groups in total. The van der Waals surface area contributed by atoms with E-state index in [2.05, 4.69) is 36.9 Å². The number of aryl methyl sites for hydroxylation is 3. The van der Waals surface area contributed by atoms with Crippen molar-refractivity contribution in [3.05, 3.63) is 34.0 Å². The third-order valence-electron chi connectivity index (χ3n) is 3.32. The van der Waals surface area contributed by atoms with Crippen molar-refractivity contribution >= 4 is 17.3 Å². The van der Waals surface area contributed by atoms with Crippen LogP contribution in [0.3, 0.4) is 0 Å². The summed E-state index contributed by atoms with van der Waals surface area (Å²) >= 11 is 1.68. The zero-order valence-electron chi connectivity index (χ0n) is 13.7. The van der Waals surface area contributed by atoms with Crippen LogP contribution in [0.15, 0.2) is 22.8 Å². The van der Waals surface area contributed by atoms with Gasteiger partial charge in [0.05, 0.1) is 23.4 Å². The average molecular weight is 320 g/mol. The molecule has 0 aliphatic carbocycles. The van der Waals surface area contributed by atoms with Crippen LogP contribution in [-0.4, -0.2) is 46.3 Å². The summed E-state index contributed by atoms with van der Waals surface area (Å²) < 4.78 is 1.84. The number of rotatable bonds is 6. The minimum atomic E-state index is 0.770. The van der Waals surface area contributed by atoms with Crippen molar-refractivity contribution < 1.29 is 0 Å². The van der Waals surface area contributed by atoms with E-state index < -0.39 is 0 Å². The molecule has 2 aromatic rings. The Morgan fingerprint density at radius 1 is 1.50 bits per heavy atom. The van der Waals surface area contributed by atoms with Crippen LogP contribution in [0, 0.1) is 6.92 Å². The van der Waals surface area contributed by atoms with Crippen molar-refractivity contribution in [2.45, 2.75) is 26.3 Å². The van der Waals surface area contributed by atoms with E-state index >= 15 is 0 Å². The fourth-order valence-corrected chi connectivity index (χ4v) is 2.88. The molecule has 0 aromatic carbocycles. The lowest BCUT2D eigenvalue weighted by Crippen LogP contribution is -2.39. The lowest BCUT2D eigenvalue weighted by molar-refractivity contribution is 0.470. The number of guanidine groups is 1. The van der Waals surface area contributed by atoms with Gasteiger partial charge in [-0.15, -0.1) is 11.3 Å². The predicted octanol–water partition coefficient (Wildman–Crippen LogP) is 1.83. The highest BCUT2D eigenvalue weighted by Crippen LogP contribution is 2.09. The molecule has 7 heteroatoms. The molecule has 0 saturated carbocycles. The number of hydrogen-bond acceptors (Lipinski definition) is 4. The summed E-state index contributed by atoms with van der Waals surface area (Å²) in [6.45, 7) is 3.69. The van der Waals surface area contributed by atoms with Gasteiger partial charge in [0, 0.05) is 39.3 Å². The highest BCUT2D eigenvalue weighted by molar-refractivity contribution is 7.09. The molecule has 2 rings (SSSR count). The van der Waals surface area contributed by atoms with E-state index in [1.165, 1.54) is 5.56 Å². The quantitative estimate of drug-likeness (QED) is 0.501. The van der Waals surface area contributed by atoms with E-state index in [4.69, 9.17) is 0 Å². The van der Waals surface area contributed by atoms with E-state index in [0.29, 0.717) is 0 Å². The molecule has 0 aliphatic rings. The largest absolute Gasteiger partial charge is 0.356 e. The van der Waals surface area contributed by atoms with Gasteiger partial charge in [0.15, 0.2) is 5.96 Å². The molecule has 0 aliphatic heterocycles. The van der Waals surface area contributed by atoms with E-state index in [1.807, 2.05) is 38.9 Å². The van der Waals surface area contributed by atoms with Crippen LogP contribution >= 0.6 is 11.3 Å². The number of aromatic nitrogens is 3. The summed E-state index contributed by atoms with van der Waals surface area (Å²) in [7, 11) is 5.79. The zero-order chi connectivity index (χ0) is 15.9. The fourth-order valence-electron chi connectivity index (χ4n) is 2.28. The molecule has 0 radical (unpaired) electrons. The summed E-state index contributed by atoms with van der Waals surface area (Å²) in [6.07, 6.45) is 6.05. The summed E-state index contributed by atoms with van der Waals surface area (Å²) in [5.74, 6) is 0.900. The van der Waals surface area contributed by atoms with Crippen molar-refractivity contribution in [1.82, 2.24) is 25.0 Å². The van der Waals surface area contributed by atoms with E-state index in [0.717, 1.165) is 42.6 Å². The van der Waals surface area contributed by atoms with Crippen molar-refractivity contribution in [1.29, 1.82) is 0 Å². The topological polar surface area (TPSA) is 58.3 Å². The first kappa shape index (κ1) is 16.5. The minimum Gasteiger partial charge on any atom is -0.356 e. The molecule has 0 unspecified atom stereocenters. The van der Waals surface area contributed by atoms with Gasteiger partial charge in [-0.05, 0) is 25.3 Å². The number of nitrogens with one attached hydrogen (secondary N) is 1. The van der Waals surface area contributed by atoms with Gasteiger partial charge in [0.25, 0.3) is 0 Å². The van der Waals surface area contributed by atoms with Gasteiger partial charge >= 0.3 is 0 Å². The molecular formula is C15H24N6S. The predicted molar refractivity (Wildman–Crippen MR) is 91.2 cm³/mol. The first-order valence-corrected chi connectivity index (χ1v) is 8.26. The van der Waals surface area contributed by atoms with Crippen LogP contribution in [0.4, 0.5) is 0 Å². The smallest absolute Gasteiger partial charge is 0.193 e. The fraction of sp³-hybridized carbons (Fsp3) is 0.533. The minimum absolute atomic E-state index is 0.770. The van der Waals surface area contributed by atoms with Gasteiger partial charge in [-0.1, -0.05) is 0 Å². The van der Waals surface area contributed by atoms with Gasteiger partial charge in [0.2, 0.25) is 0 Å². The van der Waals surface area contributed by atoms with Crippen LogP contribution < -0.4 is 5.32 Å². The molecule has 0 amide bonds. The maximum absolute atomic E-state index is 4.49. The van der Waals surface area contributed by atoms with Crippen LogP contribution in [0.5, 0.6) is 0 Å². The van der Waals surface area contributed by atoms with Crippen LogP contribution in [0.2, 0.25) is 0 Å². The highest BCUT2D eigenvalue weighted by atomic mass is 32.1. The lowest BCUT2D eigenvalue weighted by Gasteiger charge is -2.21. The first-order chi connectivity index (χ1) is 10.6. The monoisotopic (exact) mass is 320 g/mol. The molecule has 0 bridgehead atoms. The Hall–Kier alpha value is -1.89. The molecule has 0 fully saturated rings. The Morgan fingerprint density at radius 3 is 2.91 bits per heavy atom. The third-order valence-corrected chi connectivity index (χ3v) is 4.15. The second-order valence-corrected chi connectivity index (χ2v) is 6.38. The molecule has 6 nitrogen and oxygen atoms in total. The molecule has 0 spiro atoms. The number of thiazole rings is 1. The normalized spacial score (nSPS) is 11.7.